The lowest BCUT2D eigenvalue weighted by molar-refractivity contribution is 0.669. The summed E-state index contributed by atoms with van der Waals surface area (Å²) in [6.45, 7) is 0. The Kier molecular flexibility index (Phi) is 7.35. The second kappa shape index (κ2) is 12.8. The Morgan fingerprint density at radius 3 is 1.89 bits per heavy atom. The van der Waals surface area contributed by atoms with Gasteiger partial charge in [-0.05, 0) is 104 Å². The predicted molar refractivity (Wildman–Crippen MR) is 233 cm³/mol. The topological polar surface area (TPSA) is 29.3 Å². The third-order valence-corrected chi connectivity index (χ3v) is 11.8. The molecule has 3 nitrogen and oxygen atoms in total. The van der Waals surface area contributed by atoms with Gasteiger partial charge in [-0.25, -0.2) is 4.98 Å². The van der Waals surface area contributed by atoms with Crippen molar-refractivity contribution in [2.24, 2.45) is 0 Å². The van der Waals surface area contributed by atoms with Crippen LogP contribution in [0.3, 0.4) is 0 Å². The summed E-state index contributed by atoms with van der Waals surface area (Å²) in [5, 5.41) is 8.24. The lowest BCUT2D eigenvalue weighted by Gasteiger charge is -2.26. The SMILES string of the molecule is c1ccc(-c2cccc(N(c3ccc(-c4ccc5c(c4)oc4ccc6nc(-c7ccccc7)sc6c45)cc3)c3ccc4c(ccc5ccccc54)c3)c2)cc1. The molecule has 0 spiro atoms. The fourth-order valence-corrected chi connectivity index (χ4v) is 9.10. The van der Waals surface area contributed by atoms with Crippen LogP contribution >= 0.6 is 11.3 Å². The van der Waals surface area contributed by atoms with E-state index in [1.54, 1.807) is 11.3 Å². The molecule has 0 saturated carbocycles. The van der Waals surface area contributed by atoms with Crippen molar-refractivity contribution >= 4 is 82.1 Å². The molecule has 11 rings (SSSR count). The Labute approximate surface area is 322 Å². The highest BCUT2D eigenvalue weighted by Crippen LogP contribution is 2.42. The summed E-state index contributed by atoms with van der Waals surface area (Å²) < 4.78 is 7.65. The molecule has 0 aliphatic rings. The van der Waals surface area contributed by atoms with Gasteiger partial charge in [0.25, 0.3) is 0 Å². The first kappa shape index (κ1) is 31.5. The number of aromatic nitrogens is 1. The quantitative estimate of drug-likeness (QED) is 0.160. The number of thiazole rings is 1. The second-order valence-corrected chi connectivity index (χ2v) is 15.0. The first-order valence-corrected chi connectivity index (χ1v) is 19.3. The summed E-state index contributed by atoms with van der Waals surface area (Å²) in [6.07, 6.45) is 0. The molecule has 9 aromatic carbocycles. The zero-order chi connectivity index (χ0) is 36.3. The van der Waals surface area contributed by atoms with Gasteiger partial charge < -0.3 is 9.32 Å². The van der Waals surface area contributed by atoms with Crippen LogP contribution in [0.2, 0.25) is 0 Å². The average Bonchev–Trinajstić information content (AvgIpc) is 3.86. The van der Waals surface area contributed by atoms with Gasteiger partial charge in [-0.2, -0.15) is 0 Å². The molecule has 0 aliphatic heterocycles. The van der Waals surface area contributed by atoms with E-state index in [0.29, 0.717) is 0 Å². The van der Waals surface area contributed by atoms with Gasteiger partial charge in [0.15, 0.2) is 0 Å². The molecule has 4 heteroatoms. The normalized spacial score (nSPS) is 11.6. The molecule has 0 radical (unpaired) electrons. The number of rotatable bonds is 6. The van der Waals surface area contributed by atoms with Crippen molar-refractivity contribution < 1.29 is 4.42 Å². The molecule has 0 bridgehead atoms. The van der Waals surface area contributed by atoms with E-state index in [1.807, 2.05) is 6.07 Å². The number of fused-ring (bicyclic) bond motifs is 8. The molecule has 0 amide bonds. The number of hydrogen-bond donors (Lipinski definition) is 0. The first-order valence-electron chi connectivity index (χ1n) is 18.5. The van der Waals surface area contributed by atoms with Gasteiger partial charge in [0.1, 0.15) is 16.2 Å². The molecule has 0 fully saturated rings. The van der Waals surface area contributed by atoms with Crippen LogP contribution in [0, 0.1) is 0 Å². The standard InChI is InChI=1S/C51H32N2OS/c1-3-10-33(11-4-1)37-15-9-16-41(30-37)53(42-25-27-44-39(31-42)19-18-35-12-7-8-17-43(35)44)40-23-20-34(21-24-40)38-22-26-45-48(32-38)54-47-29-28-46-50(49(45)47)55-51(52-46)36-13-5-2-6-14-36/h1-32H. The van der Waals surface area contributed by atoms with Crippen molar-refractivity contribution in [3.63, 3.8) is 0 Å². The summed E-state index contributed by atoms with van der Waals surface area (Å²) in [7, 11) is 0. The van der Waals surface area contributed by atoms with Crippen LogP contribution in [0.1, 0.15) is 0 Å². The van der Waals surface area contributed by atoms with Crippen LogP contribution in [-0.2, 0) is 0 Å². The smallest absolute Gasteiger partial charge is 0.137 e. The van der Waals surface area contributed by atoms with Crippen LogP contribution in [0.25, 0.3) is 86.5 Å². The van der Waals surface area contributed by atoms with Crippen LogP contribution in [0.15, 0.2) is 199 Å². The van der Waals surface area contributed by atoms with Crippen molar-refractivity contribution in [3.05, 3.63) is 194 Å². The lowest BCUT2D eigenvalue weighted by atomic mass is 10.00. The third-order valence-electron chi connectivity index (χ3n) is 10.7. The molecular weight excluding hydrogens is 689 g/mol. The number of benzene rings is 9. The fourth-order valence-electron chi connectivity index (χ4n) is 7.97. The van der Waals surface area contributed by atoms with Crippen LogP contribution < -0.4 is 4.90 Å². The molecule has 55 heavy (non-hydrogen) atoms. The minimum absolute atomic E-state index is 0.877. The van der Waals surface area contributed by atoms with Gasteiger partial charge in [0.05, 0.1) is 10.2 Å². The summed E-state index contributed by atoms with van der Waals surface area (Å²) in [5.74, 6) is 0. The van der Waals surface area contributed by atoms with Gasteiger partial charge in [-0.3, -0.25) is 0 Å². The van der Waals surface area contributed by atoms with E-state index in [9.17, 15) is 0 Å². The first-order chi connectivity index (χ1) is 27.2. The maximum atomic E-state index is 6.50. The summed E-state index contributed by atoms with van der Waals surface area (Å²) in [5.41, 5.74) is 11.8. The van der Waals surface area contributed by atoms with E-state index in [1.165, 1.54) is 32.7 Å². The Morgan fingerprint density at radius 2 is 1.04 bits per heavy atom. The Hall–Kier alpha value is -7.01. The third kappa shape index (κ3) is 5.46. The minimum atomic E-state index is 0.877. The van der Waals surface area contributed by atoms with Gasteiger partial charge in [0.2, 0.25) is 0 Å². The van der Waals surface area contributed by atoms with Crippen molar-refractivity contribution in [3.8, 4) is 32.8 Å². The summed E-state index contributed by atoms with van der Waals surface area (Å²) in [6, 6.07) is 69.3. The number of anilines is 3. The number of nitrogens with zero attached hydrogens (tertiary/aromatic N) is 2. The summed E-state index contributed by atoms with van der Waals surface area (Å²) >= 11 is 1.72. The predicted octanol–water partition coefficient (Wildman–Crippen LogP) is 15.0. The zero-order valence-electron chi connectivity index (χ0n) is 29.7. The Bertz CT molecular complexity index is 3200. The van der Waals surface area contributed by atoms with E-state index in [4.69, 9.17) is 9.40 Å². The van der Waals surface area contributed by atoms with Crippen LogP contribution in [0.4, 0.5) is 17.1 Å². The van der Waals surface area contributed by atoms with Crippen molar-refractivity contribution in [2.75, 3.05) is 4.90 Å². The Balaban J connectivity index is 0.994. The molecule has 0 aliphatic carbocycles. The minimum Gasteiger partial charge on any atom is -0.456 e. The highest BCUT2D eigenvalue weighted by atomic mass is 32.1. The summed E-state index contributed by atoms with van der Waals surface area (Å²) in [4.78, 5) is 7.33. The highest BCUT2D eigenvalue weighted by molar-refractivity contribution is 7.22. The largest absolute Gasteiger partial charge is 0.456 e. The van der Waals surface area contributed by atoms with Crippen LogP contribution in [-0.4, -0.2) is 4.98 Å². The number of furan rings is 1. The van der Waals surface area contributed by atoms with Crippen molar-refractivity contribution in [1.29, 1.82) is 0 Å². The molecule has 258 valence electrons. The van der Waals surface area contributed by atoms with E-state index < -0.39 is 0 Å². The van der Waals surface area contributed by atoms with Gasteiger partial charge >= 0.3 is 0 Å². The van der Waals surface area contributed by atoms with Crippen LogP contribution in [0.5, 0.6) is 0 Å². The number of hydrogen-bond acceptors (Lipinski definition) is 4. The molecule has 0 saturated heterocycles. The molecule has 11 aromatic rings. The molecular formula is C51H32N2OS. The molecule has 0 N–H and O–H groups in total. The van der Waals surface area contributed by atoms with Gasteiger partial charge in [0, 0.05) is 33.4 Å². The molecule has 2 heterocycles. The van der Waals surface area contributed by atoms with Gasteiger partial charge in [-0.15, -0.1) is 11.3 Å². The van der Waals surface area contributed by atoms with E-state index in [2.05, 4.69) is 193 Å². The lowest BCUT2D eigenvalue weighted by Crippen LogP contribution is -2.10. The van der Waals surface area contributed by atoms with Crippen molar-refractivity contribution in [2.45, 2.75) is 0 Å². The van der Waals surface area contributed by atoms with E-state index >= 15 is 0 Å². The average molecular weight is 721 g/mol. The monoisotopic (exact) mass is 720 g/mol. The highest BCUT2D eigenvalue weighted by Gasteiger charge is 2.18. The molecule has 0 unspecified atom stereocenters. The van der Waals surface area contributed by atoms with Crippen molar-refractivity contribution in [1.82, 2.24) is 4.98 Å². The molecule has 0 atom stereocenters. The maximum Gasteiger partial charge on any atom is 0.137 e. The van der Waals surface area contributed by atoms with E-state index in [0.717, 1.165) is 70.9 Å². The zero-order valence-corrected chi connectivity index (χ0v) is 30.5. The molecule has 2 aromatic heterocycles. The second-order valence-electron chi connectivity index (χ2n) is 14.0. The van der Waals surface area contributed by atoms with E-state index in [-0.39, 0.29) is 0 Å². The fraction of sp³-hybridized carbons (Fsp3) is 0. The van der Waals surface area contributed by atoms with Gasteiger partial charge in [-0.1, -0.05) is 133 Å². The Morgan fingerprint density at radius 1 is 0.400 bits per heavy atom. The maximum absolute atomic E-state index is 6.50.